The summed E-state index contributed by atoms with van der Waals surface area (Å²) >= 11 is 7.65. The van der Waals surface area contributed by atoms with Gasteiger partial charge >= 0.3 is 5.97 Å². The summed E-state index contributed by atoms with van der Waals surface area (Å²) in [5.41, 5.74) is 4.59. The van der Waals surface area contributed by atoms with Crippen LogP contribution in [0, 0.1) is 6.92 Å². The molecule has 9 heteroatoms. The summed E-state index contributed by atoms with van der Waals surface area (Å²) in [6.45, 7) is 7.41. The van der Waals surface area contributed by atoms with Gasteiger partial charge in [-0.25, -0.2) is 9.78 Å². The number of hydrogen-bond donors (Lipinski definition) is 1. The lowest BCUT2D eigenvalue weighted by Gasteiger charge is -2.28. The molecular formula is C29H28ClN3O4S. The monoisotopic (exact) mass is 549 g/mol. The normalized spacial score (nSPS) is 12.9. The van der Waals surface area contributed by atoms with Crippen LogP contribution in [-0.4, -0.2) is 31.0 Å². The molecule has 0 saturated carbocycles. The molecular weight excluding hydrogens is 522 g/mol. The van der Waals surface area contributed by atoms with Crippen LogP contribution in [-0.2, 0) is 23.6 Å². The highest BCUT2D eigenvalue weighted by atomic mass is 35.5. The first-order valence-electron chi connectivity index (χ1n) is 12.1. The number of ether oxygens (including phenoxy) is 1. The molecule has 196 valence electrons. The van der Waals surface area contributed by atoms with Gasteiger partial charge in [0, 0.05) is 35.8 Å². The van der Waals surface area contributed by atoms with E-state index in [0.717, 1.165) is 43.0 Å². The molecule has 0 bridgehead atoms. The first kappa shape index (κ1) is 26.2. The Kier molecular flexibility index (Phi) is 6.46. The molecule has 0 radical (unpaired) electrons. The third kappa shape index (κ3) is 4.53. The van der Waals surface area contributed by atoms with E-state index in [9.17, 15) is 14.7 Å². The fraction of sp³-hybridized carbons (Fsp3) is 0.276. The van der Waals surface area contributed by atoms with Crippen molar-refractivity contribution in [3.05, 3.63) is 75.0 Å². The Morgan fingerprint density at radius 2 is 1.71 bits per heavy atom. The van der Waals surface area contributed by atoms with Crippen LogP contribution in [0.2, 0.25) is 5.02 Å². The van der Waals surface area contributed by atoms with Gasteiger partial charge in [0.15, 0.2) is 6.10 Å². The number of halogens is 1. The van der Waals surface area contributed by atoms with E-state index in [4.69, 9.17) is 21.3 Å². The summed E-state index contributed by atoms with van der Waals surface area (Å²) in [6.07, 6.45) is -1.18. The number of thiazole rings is 1. The highest BCUT2D eigenvalue weighted by Gasteiger charge is 2.32. The maximum absolute atomic E-state index is 12.8. The van der Waals surface area contributed by atoms with Gasteiger partial charge < -0.3 is 9.84 Å². The summed E-state index contributed by atoms with van der Waals surface area (Å²) in [4.78, 5) is 30.2. The number of fused-ring (bicyclic) bond motifs is 2. The van der Waals surface area contributed by atoms with E-state index >= 15 is 0 Å². The molecule has 38 heavy (non-hydrogen) atoms. The molecule has 1 atom stereocenters. The van der Waals surface area contributed by atoms with Gasteiger partial charge in [0.1, 0.15) is 5.01 Å². The third-order valence-electron chi connectivity index (χ3n) is 6.59. The zero-order valence-corrected chi connectivity index (χ0v) is 23.6. The van der Waals surface area contributed by atoms with Gasteiger partial charge in [-0.15, -0.1) is 11.3 Å². The Bertz CT molecular complexity index is 1770. The number of benzene rings is 3. The molecule has 0 aliphatic rings. The van der Waals surface area contributed by atoms with Crippen molar-refractivity contribution < 1.29 is 14.6 Å². The van der Waals surface area contributed by atoms with E-state index in [2.05, 4.69) is 0 Å². The SMILES string of the molecule is Cc1cc2nc(-c3ccc4c(c3)c(=O)n(C)n4C)sc2c(-c2ccc(Cl)cc2)c1[C@H](OC(C)(C)C)C(=O)O. The number of rotatable bonds is 5. The molecule has 2 heterocycles. The maximum Gasteiger partial charge on any atom is 0.337 e. The minimum absolute atomic E-state index is 0.0749. The average Bonchev–Trinajstić information content (AvgIpc) is 3.36. The number of aliphatic carboxylic acids is 1. The minimum Gasteiger partial charge on any atom is -0.479 e. The molecule has 0 aliphatic heterocycles. The third-order valence-corrected chi connectivity index (χ3v) is 7.97. The maximum atomic E-state index is 12.8. The molecule has 0 fully saturated rings. The summed E-state index contributed by atoms with van der Waals surface area (Å²) in [5.74, 6) is -1.06. The number of aromatic nitrogens is 3. The van der Waals surface area contributed by atoms with Crippen LogP contribution in [0.25, 0.3) is 42.8 Å². The molecule has 5 rings (SSSR count). The lowest BCUT2D eigenvalue weighted by molar-refractivity contribution is -0.160. The van der Waals surface area contributed by atoms with Crippen LogP contribution < -0.4 is 5.56 Å². The van der Waals surface area contributed by atoms with Crippen LogP contribution in [0.3, 0.4) is 0 Å². The van der Waals surface area contributed by atoms with E-state index in [1.165, 1.54) is 11.3 Å². The zero-order valence-electron chi connectivity index (χ0n) is 22.0. The van der Waals surface area contributed by atoms with Gasteiger partial charge in [0.25, 0.3) is 5.56 Å². The largest absolute Gasteiger partial charge is 0.479 e. The average molecular weight is 550 g/mol. The van der Waals surface area contributed by atoms with Gasteiger partial charge in [-0.1, -0.05) is 23.7 Å². The summed E-state index contributed by atoms with van der Waals surface area (Å²) < 4.78 is 10.3. The Labute approximate surface area is 228 Å². The van der Waals surface area contributed by atoms with Gasteiger partial charge in [-0.3, -0.25) is 14.2 Å². The minimum atomic E-state index is -1.18. The standard InChI is InChI=1S/C29H28ClN3O4S/c1-15-13-20-25(38-26(31-20)17-9-12-21-19(14-17)27(34)33(6)32(21)5)23(16-7-10-18(30)11-8-16)22(15)24(28(35)36)37-29(2,3)4/h7-14,24H,1-6H3,(H,35,36)/t24-/m0/s1. The predicted molar refractivity (Wildman–Crippen MR) is 153 cm³/mol. The molecule has 2 aromatic heterocycles. The second-order valence-corrected chi connectivity index (χ2v) is 11.8. The van der Waals surface area contributed by atoms with Crippen molar-refractivity contribution in [3.63, 3.8) is 0 Å². The summed E-state index contributed by atoms with van der Waals surface area (Å²) in [5, 5.41) is 12.2. The van der Waals surface area contributed by atoms with Crippen molar-refractivity contribution in [2.24, 2.45) is 14.1 Å². The van der Waals surface area contributed by atoms with E-state index in [1.807, 2.05) is 75.8 Å². The topological polar surface area (TPSA) is 86.4 Å². The van der Waals surface area contributed by atoms with Crippen molar-refractivity contribution in [2.75, 3.05) is 0 Å². The molecule has 3 aromatic carbocycles. The van der Waals surface area contributed by atoms with Crippen molar-refractivity contribution >= 4 is 50.0 Å². The van der Waals surface area contributed by atoms with E-state index in [-0.39, 0.29) is 5.56 Å². The molecule has 0 saturated heterocycles. The fourth-order valence-corrected chi connectivity index (χ4v) is 6.00. The fourth-order valence-electron chi connectivity index (χ4n) is 4.76. The number of aryl methyl sites for hydroxylation is 2. The smallest absolute Gasteiger partial charge is 0.337 e. The first-order valence-corrected chi connectivity index (χ1v) is 13.3. The molecule has 1 N–H and O–H groups in total. The van der Waals surface area contributed by atoms with Gasteiger partial charge in [-0.2, -0.15) is 0 Å². The molecule has 0 aliphatic carbocycles. The highest BCUT2D eigenvalue weighted by molar-refractivity contribution is 7.22. The molecule has 7 nitrogen and oxygen atoms in total. The van der Waals surface area contributed by atoms with Crippen LogP contribution >= 0.6 is 22.9 Å². The lowest BCUT2D eigenvalue weighted by Crippen LogP contribution is -2.28. The highest BCUT2D eigenvalue weighted by Crippen LogP contribution is 2.44. The lowest BCUT2D eigenvalue weighted by atomic mass is 9.91. The Morgan fingerprint density at radius 3 is 2.34 bits per heavy atom. The van der Waals surface area contributed by atoms with E-state index in [1.54, 1.807) is 23.9 Å². The Hall–Kier alpha value is -3.46. The molecule has 0 amide bonds. The van der Waals surface area contributed by atoms with Crippen molar-refractivity contribution in [1.29, 1.82) is 0 Å². The van der Waals surface area contributed by atoms with Crippen LogP contribution in [0.4, 0.5) is 0 Å². The number of carboxylic acids is 1. The van der Waals surface area contributed by atoms with Gasteiger partial charge in [0.2, 0.25) is 0 Å². The van der Waals surface area contributed by atoms with Gasteiger partial charge in [-0.05, 0) is 75.2 Å². The van der Waals surface area contributed by atoms with Crippen LogP contribution in [0.15, 0.2) is 53.3 Å². The van der Waals surface area contributed by atoms with Crippen molar-refractivity contribution in [1.82, 2.24) is 14.3 Å². The number of carbonyl (C=O) groups is 1. The second kappa shape index (κ2) is 9.38. The first-order chi connectivity index (χ1) is 17.9. The molecule has 5 aromatic rings. The Balaban J connectivity index is 1.79. The van der Waals surface area contributed by atoms with Crippen LogP contribution in [0.1, 0.15) is 38.0 Å². The molecule has 0 spiro atoms. The molecule has 0 unspecified atom stereocenters. The Morgan fingerprint density at radius 1 is 1.05 bits per heavy atom. The van der Waals surface area contributed by atoms with Crippen LogP contribution in [0.5, 0.6) is 0 Å². The predicted octanol–water partition coefficient (Wildman–Crippen LogP) is 6.72. The van der Waals surface area contributed by atoms with Gasteiger partial charge in [0.05, 0.1) is 26.7 Å². The number of hydrogen-bond acceptors (Lipinski definition) is 5. The number of nitrogens with zero attached hydrogens (tertiary/aromatic N) is 3. The van der Waals surface area contributed by atoms with E-state index in [0.29, 0.717) is 16.0 Å². The van der Waals surface area contributed by atoms with E-state index < -0.39 is 17.7 Å². The van der Waals surface area contributed by atoms with Crippen molar-refractivity contribution in [2.45, 2.75) is 39.4 Å². The second-order valence-electron chi connectivity index (χ2n) is 10.4. The summed E-state index contributed by atoms with van der Waals surface area (Å²) in [7, 11) is 3.59. The zero-order chi connectivity index (χ0) is 27.5. The number of carboxylic acid groups (broad SMARTS) is 1. The quantitative estimate of drug-likeness (QED) is 0.263. The summed E-state index contributed by atoms with van der Waals surface area (Å²) in [6, 6.07) is 15.0. The van der Waals surface area contributed by atoms with Crippen molar-refractivity contribution in [3.8, 4) is 21.7 Å².